The average Bonchev–Trinajstić information content (AvgIpc) is 3.17. The number of aromatic nitrogens is 3. The van der Waals surface area contributed by atoms with E-state index in [9.17, 15) is 0 Å². The summed E-state index contributed by atoms with van der Waals surface area (Å²) in [5, 5.41) is 5.38. The number of H-pyrrole nitrogens is 1. The quantitative estimate of drug-likeness (QED) is 0.803. The molecule has 4 rings (SSSR count). The molecule has 0 unspecified atom stereocenters. The van der Waals surface area contributed by atoms with Gasteiger partial charge in [0.25, 0.3) is 0 Å². The Kier molecular flexibility index (Phi) is 3.87. The minimum atomic E-state index is 0.617. The predicted molar refractivity (Wildman–Crippen MR) is 89.0 cm³/mol. The van der Waals surface area contributed by atoms with E-state index in [2.05, 4.69) is 44.3 Å². The second-order valence-corrected chi connectivity index (χ2v) is 6.53. The molecular weight excluding hydrogens is 288 g/mol. The molecule has 3 aromatic rings. The molecule has 1 fully saturated rings. The fraction of sp³-hybridized carbons (Fsp3) is 0.444. The van der Waals surface area contributed by atoms with Crippen LogP contribution in [-0.4, -0.2) is 33.1 Å². The van der Waals surface area contributed by atoms with E-state index in [0.717, 1.165) is 25.3 Å². The van der Waals surface area contributed by atoms with Crippen LogP contribution in [0.1, 0.15) is 30.1 Å². The Labute approximate surface area is 135 Å². The molecule has 0 spiro atoms. The molecule has 1 aromatic carbocycles. The van der Waals surface area contributed by atoms with Crippen LogP contribution in [0.3, 0.4) is 0 Å². The molecule has 0 saturated carbocycles. The summed E-state index contributed by atoms with van der Waals surface area (Å²) in [6.45, 7) is 5.13. The monoisotopic (exact) mass is 310 g/mol. The van der Waals surface area contributed by atoms with Crippen LogP contribution in [0.2, 0.25) is 0 Å². The van der Waals surface area contributed by atoms with Gasteiger partial charge in [-0.1, -0.05) is 17.3 Å². The maximum Gasteiger partial charge on any atom is 0.223 e. The van der Waals surface area contributed by atoms with Crippen molar-refractivity contribution in [2.45, 2.75) is 32.7 Å². The standard InChI is InChI=1S/C18H22N4O/c1-13-20-18(21-23-13)10-14-4-3-9-22(11-14)12-15-5-2-6-17-16(15)7-8-19-17/h2,5-8,14,19H,3-4,9-12H2,1H3/t14-/m1/s1. The number of piperidine rings is 1. The SMILES string of the molecule is Cc1nc(C[C@H]2CCCN(Cc3cccc4[nH]ccc34)C2)no1. The molecule has 2 aromatic heterocycles. The van der Waals surface area contributed by atoms with Crippen molar-refractivity contribution in [2.24, 2.45) is 5.92 Å². The van der Waals surface area contributed by atoms with Crippen LogP contribution in [-0.2, 0) is 13.0 Å². The van der Waals surface area contributed by atoms with E-state index in [1.165, 1.54) is 35.9 Å². The molecule has 120 valence electrons. The first-order chi connectivity index (χ1) is 11.3. The highest BCUT2D eigenvalue weighted by Gasteiger charge is 2.22. The van der Waals surface area contributed by atoms with Crippen molar-refractivity contribution in [3.8, 4) is 0 Å². The number of hydrogen-bond donors (Lipinski definition) is 1. The number of hydrogen-bond acceptors (Lipinski definition) is 4. The number of benzene rings is 1. The molecule has 3 heterocycles. The van der Waals surface area contributed by atoms with Crippen LogP contribution in [0.25, 0.3) is 10.9 Å². The van der Waals surface area contributed by atoms with Crippen LogP contribution in [0.4, 0.5) is 0 Å². The van der Waals surface area contributed by atoms with E-state index in [1.54, 1.807) is 0 Å². The van der Waals surface area contributed by atoms with Crippen LogP contribution in [0, 0.1) is 12.8 Å². The zero-order chi connectivity index (χ0) is 15.6. The number of nitrogens with one attached hydrogen (secondary N) is 1. The first kappa shape index (κ1) is 14.5. The van der Waals surface area contributed by atoms with E-state index in [-0.39, 0.29) is 0 Å². The largest absolute Gasteiger partial charge is 0.361 e. The van der Waals surface area contributed by atoms with Gasteiger partial charge in [0.05, 0.1) is 0 Å². The Hall–Kier alpha value is -2.14. The summed E-state index contributed by atoms with van der Waals surface area (Å²) in [6.07, 6.45) is 5.43. The Balaban J connectivity index is 1.44. The fourth-order valence-corrected chi connectivity index (χ4v) is 3.67. The Bertz CT molecular complexity index is 791. The first-order valence-electron chi connectivity index (χ1n) is 8.34. The third-order valence-electron chi connectivity index (χ3n) is 4.72. The lowest BCUT2D eigenvalue weighted by Crippen LogP contribution is -2.35. The number of fused-ring (bicyclic) bond motifs is 1. The smallest absolute Gasteiger partial charge is 0.223 e. The Morgan fingerprint density at radius 2 is 2.30 bits per heavy atom. The van der Waals surface area contributed by atoms with Crippen molar-refractivity contribution < 1.29 is 4.52 Å². The summed E-state index contributed by atoms with van der Waals surface area (Å²) < 4.78 is 5.09. The van der Waals surface area contributed by atoms with Crippen LogP contribution in [0.15, 0.2) is 35.0 Å². The van der Waals surface area contributed by atoms with E-state index in [1.807, 2.05) is 13.1 Å². The molecule has 1 aliphatic rings. The molecule has 0 amide bonds. The number of rotatable bonds is 4. The van der Waals surface area contributed by atoms with Gasteiger partial charge >= 0.3 is 0 Å². The number of aromatic amines is 1. The molecular formula is C18H22N4O. The molecule has 1 saturated heterocycles. The number of likely N-dealkylation sites (tertiary alicyclic amines) is 1. The minimum absolute atomic E-state index is 0.617. The van der Waals surface area contributed by atoms with Crippen LogP contribution < -0.4 is 0 Å². The first-order valence-corrected chi connectivity index (χ1v) is 8.34. The Morgan fingerprint density at radius 3 is 3.17 bits per heavy atom. The van der Waals surface area contributed by atoms with Crippen LogP contribution >= 0.6 is 0 Å². The van der Waals surface area contributed by atoms with Crippen molar-refractivity contribution >= 4 is 10.9 Å². The van der Waals surface area contributed by atoms with Gasteiger partial charge in [-0.2, -0.15) is 4.98 Å². The molecule has 5 nitrogen and oxygen atoms in total. The normalized spacial score (nSPS) is 19.4. The fourth-order valence-electron chi connectivity index (χ4n) is 3.67. The van der Waals surface area contributed by atoms with Gasteiger partial charge in [-0.05, 0) is 43.0 Å². The van der Waals surface area contributed by atoms with Gasteiger partial charge in [0, 0.05) is 43.5 Å². The van der Waals surface area contributed by atoms with Crippen molar-refractivity contribution in [3.63, 3.8) is 0 Å². The van der Waals surface area contributed by atoms with Gasteiger partial charge < -0.3 is 9.51 Å². The molecule has 1 N–H and O–H groups in total. The van der Waals surface area contributed by atoms with Gasteiger partial charge in [0.1, 0.15) is 0 Å². The lowest BCUT2D eigenvalue weighted by molar-refractivity contribution is 0.165. The summed E-state index contributed by atoms with van der Waals surface area (Å²) in [6, 6.07) is 8.69. The molecule has 0 bridgehead atoms. The highest BCUT2D eigenvalue weighted by Crippen LogP contribution is 2.24. The van der Waals surface area contributed by atoms with Gasteiger partial charge in [-0.3, -0.25) is 4.90 Å². The number of aryl methyl sites for hydroxylation is 1. The van der Waals surface area contributed by atoms with E-state index in [4.69, 9.17) is 4.52 Å². The van der Waals surface area contributed by atoms with Crippen molar-refractivity contribution in [1.29, 1.82) is 0 Å². The lowest BCUT2D eigenvalue weighted by atomic mass is 9.94. The van der Waals surface area contributed by atoms with E-state index < -0.39 is 0 Å². The maximum atomic E-state index is 5.09. The summed E-state index contributed by atoms with van der Waals surface area (Å²) in [5.74, 6) is 2.13. The van der Waals surface area contributed by atoms with Crippen molar-refractivity contribution in [3.05, 3.63) is 47.7 Å². The molecule has 5 heteroatoms. The predicted octanol–water partition coefficient (Wildman–Crippen LogP) is 3.31. The van der Waals surface area contributed by atoms with Gasteiger partial charge in [0.2, 0.25) is 5.89 Å². The maximum absolute atomic E-state index is 5.09. The second kappa shape index (κ2) is 6.16. The van der Waals surface area contributed by atoms with E-state index in [0.29, 0.717) is 11.8 Å². The summed E-state index contributed by atoms with van der Waals surface area (Å²) in [4.78, 5) is 10.2. The summed E-state index contributed by atoms with van der Waals surface area (Å²) in [7, 11) is 0. The summed E-state index contributed by atoms with van der Waals surface area (Å²) in [5.41, 5.74) is 2.62. The minimum Gasteiger partial charge on any atom is -0.361 e. The van der Waals surface area contributed by atoms with Crippen molar-refractivity contribution in [2.75, 3.05) is 13.1 Å². The van der Waals surface area contributed by atoms with E-state index >= 15 is 0 Å². The zero-order valence-electron chi connectivity index (χ0n) is 13.5. The van der Waals surface area contributed by atoms with Gasteiger partial charge in [-0.15, -0.1) is 0 Å². The molecule has 0 aliphatic carbocycles. The topological polar surface area (TPSA) is 58.0 Å². The lowest BCUT2D eigenvalue weighted by Gasteiger charge is -2.32. The highest BCUT2D eigenvalue weighted by atomic mass is 16.5. The zero-order valence-corrected chi connectivity index (χ0v) is 13.5. The second-order valence-electron chi connectivity index (χ2n) is 6.53. The highest BCUT2D eigenvalue weighted by molar-refractivity contribution is 5.82. The Morgan fingerprint density at radius 1 is 1.35 bits per heavy atom. The van der Waals surface area contributed by atoms with Crippen LogP contribution in [0.5, 0.6) is 0 Å². The van der Waals surface area contributed by atoms with Crippen molar-refractivity contribution in [1.82, 2.24) is 20.0 Å². The molecule has 23 heavy (non-hydrogen) atoms. The van der Waals surface area contributed by atoms with Gasteiger partial charge in [-0.25, -0.2) is 0 Å². The molecule has 1 aliphatic heterocycles. The number of nitrogens with zero attached hydrogens (tertiary/aromatic N) is 3. The third kappa shape index (κ3) is 3.15. The average molecular weight is 310 g/mol. The molecule has 0 radical (unpaired) electrons. The molecule has 1 atom stereocenters. The summed E-state index contributed by atoms with van der Waals surface area (Å²) >= 11 is 0. The van der Waals surface area contributed by atoms with Gasteiger partial charge in [0.15, 0.2) is 5.82 Å². The third-order valence-corrected chi connectivity index (χ3v) is 4.72.